The molecule has 1 amide bonds. The maximum atomic E-state index is 13.1. The number of aliphatic hydroxyl groups is 5. The average molecular weight is 852 g/mol. The molecule has 344 valence electrons. The van der Waals surface area contributed by atoms with E-state index in [4.69, 9.17) is 9.47 Å². The van der Waals surface area contributed by atoms with Gasteiger partial charge in [0.2, 0.25) is 5.91 Å². The van der Waals surface area contributed by atoms with Crippen molar-refractivity contribution in [1.82, 2.24) is 5.32 Å². The topological polar surface area (TPSA) is 212 Å². The van der Waals surface area contributed by atoms with Crippen LogP contribution < -0.4 is 5.32 Å². The van der Waals surface area contributed by atoms with Crippen molar-refractivity contribution < 1.29 is 57.0 Å². The lowest BCUT2D eigenvalue weighted by molar-refractivity contribution is -0.298. The van der Waals surface area contributed by atoms with Crippen LogP contribution >= 0.6 is 0 Å². The van der Waals surface area contributed by atoms with Gasteiger partial charge in [-0.25, -0.2) is 4.18 Å². The molecule has 0 saturated carbocycles. The molecule has 0 aliphatic carbocycles. The summed E-state index contributed by atoms with van der Waals surface area (Å²) in [5.41, 5.74) is 0. The minimum atomic E-state index is -5.11. The van der Waals surface area contributed by atoms with Crippen LogP contribution in [0, 0.1) is 0 Å². The average Bonchev–Trinajstić information content (AvgIpc) is 3.19. The molecule has 1 aliphatic rings. The van der Waals surface area contributed by atoms with E-state index in [-0.39, 0.29) is 6.42 Å². The van der Waals surface area contributed by atoms with Crippen molar-refractivity contribution in [2.45, 2.75) is 249 Å². The molecule has 0 radical (unpaired) electrons. The molecule has 1 heterocycles. The Morgan fingerprint density at radius 2 is 1.10 bits per heavy atom. The van der Waals surface area contributed by atoms with Gasteiger partial charge in [-0.1, -0.05) is 174 Å². The zero-order valence-electron chi connectivity index (χ0n) is 36.2. The van der Waals surface area contributed by atoms with Gasteiger partial charge < -0.3 is 40.3 Å². The minimum absolute atomic E-state index is 0.247. The second kappa shape index (κ2) is 35.4. The molecule has 14 heteroatoms. The molecular weight excluding hydrogens is 767 g/mol. The van der Waals surface area contributed by atoms with Crippen molar-refractivity contribution in [2.75, 3.05) is 13.2 Å². The van der Waals surface area contributed by atoms with Gasteiger partial charge >= 0.3 is 10.4 Å². The number of carbonyl (C=O) groups excluding carboxylic acids is 1. The zero-order chi connectivity index (χ0) is 42.9. The summed E-state index contributed by atoms with van der Waals surface area (Å²) in [6.07, 6.45) is 25.5. The van der Waals surface area contributed by atoms with Crippen LogP contribution in [-0.2, 0) is 28.9 Å². The fourth-order valence-corrected chi connectivity index (χ4v) is 7.97. The van der Waals surface area contributed by atoms with Crippen molar-refractivity contribution in [3.63, 3.8) is 0 Å². The third-order valence-corrected chi connectivity index (χ3v) is 11.6. The van der Waals surface area contributed by atoms with Crippen LogP contribution in [0.15, 0.2) is 12.2 Å². The third kappa shape index (κ3) is 27.6. The lowest BCUT2D eigenvalue weighted by Crippen LogP contribution is -2.61. The summed E-state index contributed by atoms with van der Waals surface area (Å²) in [6, 6.07) is -1.03. The Bertz CT molecular complexity index is 1110. The van der Waals surface area contributed by atoms with Gasteiger partial charge in [-0.05, 0) is 38.5 Å². The van der Waals surface area contributed by atoms with E-state index in [0.717, 1.165) is 51.4 Å². The summed E-state index contributed by atoms with van der Waals surface area (Å²) in [6.45, 7) is 3.24. The largest absolute Gasteiger partial charge is 0.397 e. The predicted molar refractivity (Wildman–Crippen MR) is 228 cm³/mol. The molecule has 1 aliphatic heterocycles. The Morgan fingerprint density at radius 1 is 0.672 bits per heavy atom. The number of rotatable bonds is 39. The molecule has 0 aromatic carbocycles. The minimum Gasteiger partial charge on any atom is -0.394 e. The Kier molecular flexibility index (Phi) is 33.5. The maximum Gasteiger partial charge on any atom is 0.397 e. The van der Waals surface area contributed by atoms with Crippen LogP contribution in [0.1, 0.15) is 200 Å². The SMILES string of the molecule is CCCCC/C=C\CCCCCCC(O)C(=O)NC(COC1OC(CO)C(O)C(OS(=O)(=O)O)C1O)C(O)CCCCCCCCCCCCCCCCCCCC. The summed E-state index contributed by atoms with van der Waals surface area (Å²) < 4.78 is 47.5. The molecule has 1 rings (SSSR count). The van der Waals surface area contributed by atoms with Crippen molar-refractivity contribution in [3.05, 3.63) is 12.2 Å². The van der Waals surface area contributed by atoms with Gasteiger partial charge in [-0.2, -0.15) is 8.42 Å². The quantitative estimate of drug-likeness (QED) is 0.0180. The van der Waals surface area contributed by atoms with E-state index in [0.29, 0.717) is 19.3 Å². The summed E-state index contributed by atoms with van der Waals surface area (Å²) in [4.78, 5) is 13.1. The van der Waals surface area contributed by atoms with E-state index in [2.05, 4.69) is 35.5 Å². The highest BCUT2D eigenvalue weighted by Gasteiger charge is 2.48. The predicted octanol–water partition coefficient (Wildman–Crippen LogP) is 7.75. The number of carbonyl (C=O) groups is 1. The van der Waals surface area contributed by atoms with Crippen LogP contribution in [0.25, 0.3) is 0 Å². The molecule has 8 unspecified atom stereocenters. The standard InChI is InChI=1S/C44H85NO12S/c1-3-5-7-9-11-13-15-16-17-18-19-20-21-23-24-26-28-30-32-37(47)36(35-55-44-41(50)42(57-58(52,53)54)40(49)39(34-46)56-44)45-43(51)38(48)33-31-29-27-25-22-14-12-10-8-6-4-2/h12,14,36-42,44,46-50H,3-11,13,15-35H2,1-2H3,(H,45,51)(H,52,53,54)/b14-12-. The first-order valence-corrected chi connectivity index (χ1v) is 24.5. The number of nitrogens with one attached hydrogen (secondary N) is 1. The summed E-state index contributed by atoms with van der Waals surface area (Å²) in [5.74, 6) is -0.679. The Hall–Kier alpha value is -1.20. The van der Waals surface area contributed by atoms with Crippen LogP contribution in [0.2, 0.25) is 0 Å². The normalized spacial score (nSPS) is 21.7. The monoisotopic (exact) mass is 852 g/mol. The van der Waals surface area contributed by atoms with E-state index in [1.807, 2.05) is 0 Å². The van der Waals surface area contributed by atoms with Crippen LogP contribution in [0.5, 0.6) is 0 Å². The highest BCUT2D eigenvalue weighted by Crippen LogP contribution is 2.26. The molecule has 0 bridgehead atoms. The number of hydrogen-bond acceptors (Lipinski definition) is 11. The van der Waals surface area contributed by atoms with Gasteiger partial charge in [0.15, 0.2) is 6.29 Å². The van der Waals surface area contributed by atoms with Crippen molar-refractivity contribution in [3.8, 4) is 0 Å². The molecule has 0 spiro atoms. The first-order valence-electron chi connectivity index (χ1n) is 23.2. The van der Waals surface area contributed by atoms with Crippen LogP contribution in [0.4, 0.5) is 0 Å². The molecule has 58 heavy (non-hydrogen) atoms. The van der Waals surface area contributed by atoms with Gasteiger partial charge in [0.1, 0.15) is 30.5 Å². The molecule has 8 atom stereocenters. The Balaban J connectivity index is 2.55. The van der Waals surface area contributed by atoms with E-state index in [1.165, 1.54) is 109 Å². The van der Waals surface area contributed by atoms with Gasteiger partial charge in [0.05, 0.1) is 25.4 Å². The zero-order valence-corrected chi connectivity index (χ0v) is 37.1. The molecule has 1 fully saturated rings. The molecule has 13 nitrogen and oxygen atoms in total. The van der Waals surface area contributed by atoms with E-state index in [1.54, 1.807) is 0 Å². The lowest BCUT2D eigenvalue weighted by atomic mass is 9.99. The molecule has 0 aromatic rings. The van der Waals surface area contributed by atoms with Crippen LogP contribution in [-0.4, -0.2) is 107 Å². The lowest BCUT2D eigenvalue weighted by Gasteiger charge is -2.41. The van der Waals surface area contributed by atoms with Crippen molar-refractivity contribution in [2.24, 2.45) is 0 Å². The maximum absolute atomic E-state index is 13.1. The summed E-state index contributed by atoms with van der Waals surface area (Å²) in [5, 5.41) is 55.3. The summed E-state index contributed by atoms with van der Waals surface area (Å²) in [7, 11) is -5.11. The van der Waals surface area contributed by atoms with Gasteiger partial charge in [0.25, 0.3) is 0 Å². The highest BCUT2D eigenvalue weighted by molar-refractivity contribution is 7.80. The fourth-order valence-electron chi connectivity index (χ4n) is 7.46. The van der Waals surface area contributed by atoms with Crippen LogP contribution in [0.3, 0.4) is 0 Å². The van der Waals surface area contributed by atoms with Crippen molar-refractivity contribution >= 4 is 16.3 Å². The van der Waals surface area contributed by atoms with Gasteiger partial charge in [-0.3, -0.25) is 9.35 Å². The number of unbranched alkanes of at least 4 members (excludes halogenated alkanes) is 24. The second-order valence-corrected chi connectivity index (χ2v) is 17.5. The Morgan fingerprint density at radius 3 is 1.59 bits per heavy atom. The number of hydrogen-bond donors (Lipinski definition) is 7. The fraction of sp³-hybridized carbons (Fsp3) is 0.932. The number of amides is 1. The van der Waals surface area contributed by atoms with E-state index in [9.17, 15) is 43.3 Å². The van der Waals surface area contributed by atoms with E-state index < -0.39 is 78.5 Å². The Labute approximate surface area is 352 Å². The number of ether oxygens (including phenoxy) is 2. The van der Waals surface area contributed by atoms with Gasteiger partial charge in [-0.15, -0.1) is 0 Å². The van der Waals surface area contributed by atoms with E-state index >= 15 is 0 Å². The van der Waals surface area contributed by atoms with Crippen molar-refractivity contribution in [1.29, 1.82) is 0 Å². The number of aliphatic hydroxyl groups excluding tert-OH is 5. The molecular formula is C44H85NO12S. The molecule has 0 aromatic heterocycles. The summed E-state index contributed by atoms with van der Waals surface area (Å²) >= 11 is 0. The molecule has 7 N–H and O–H groups in total. The first kappa shape index (κ1) is 54.8. The number of allylic oxidation sites excluding steroid dienone is 2. The molecule has 1 saturated heterocycles. The smallest absolute Gasteiger partial charge is 0.394 e. The first-order chi connectivity index (χ1) is 27.9. The van der Waals surface area contributed by atoms with Gasteiger partial charge in [0, 0.05) is 0 Å². The third-order valence-electron chi connectivity index (χ3n) is 11.2. The second-order valence-electron chi connectivity index (χ2n) is 16.5. The highest BCUT2D eigenvalue weighted by atomic mass is 32.3.